The van der Waals surface area contributed by atoms with Gasteiger partial charge in [-0.05, 0) is 37.5 Å². The Kier molecular flexibility index (Phi) is 6.71. The van der Waals surface area contributed by atoms with Crippen LogP contribution in [-0.4, -0.2) is 37.4 Å². The number of methoxy groups -OCH3 is 3. The monoisotopic (exact) mass is 371 g/mol. The van der Waals surface area contributed by atoms with E-state index in [1.165, 1.54) is 14.2 Å². The number of aromatic hydroxyl groups is 1. The average Bonchev–Trinajstić information content (AvgIpc) is 3.12. The van der Waals surface area contributed by atoms with Gasteiger partial charge in [-0.2, -0.15) is 0 Å². The molecule has 6 nitrogen and oxygen atoms in total. The quantitative estimate of drug-likeness (QED) is 0.563. The predicted octanol–water partition coefficient (Wildman–Crippen LogP) is 4.20. The van der Waals surface area contributed by atoms with Crippen LogP contribution in [0.1, 0.15) is 40.9 Å². The molecule has 2 aromatic rings. The van der Waals surface area contributed by atoms with Crippen LogP contribution in [-0.2, 0) is 11.2 Å². The minimum absolute atomic E-state index is 0.106. The molecule has 0 aliphatic heterocycles. The van der Waals surface area contributed by atoms with Gasteiger partial charge >= 0.3 is 5.97 Å². The standard InChI is InChI=1S/C21H25NO5/c1-13(2)6-9-16-17(25-3)11-15(19(20(16)23)21(24)27-5)8-7-14-10-18(26-4)22-12-14/h6-8,10-12,22-23H,9H2,1-5H3/b8-7+. The summed E-state index contributed by atoms with van der Waals surface area (Å²) in [5.41, 5.74) is 3.10. The summed E-state index contributed by atoms with van der Waals surface area (Å²) < 4.78 is 15.4. The van der Waals surface area contributed by atoms with Crippen LogP contribution in [0.4, 0.5) is 0 Å². The molecule has 0 radical (unpaired) electrons. The Balaban J connectivity index is 2.56. The largest absolute Gasteiger partial charge is 0.507 e. The third-order valence-corrected chi connectivity index (χ3v) is 4.07. The number of hydrogen-bond donors (Lipinski definition) is 2. The fourth-order valence-corrected chi connectivity index (χ4v) is 2.63. The van der Waals surface area contributed by atoms with Crippen molar-refractivity contribution in [3.63, 3.8) is 0 Å². The highest BCUT2D eigenvalue weighted by Crippen LogP contribution is 2.36. The van der Waals surface area contributed by atoms with Crippen molar-refractivity contribution in [1.82, 2.24) is 4.98 Å². The Labute approximate surface area is 159 Å². The summed E-state index contributed by atoms with van der Waals surface area (Å²) in [6.07, 6.45) is 7.70. The van der Waals surface area contributed by atoms with Crippen molar-refractivity contribution in [1.29, 1.82) is 0 Å². The lowest BCUT2D eigenvalue weighted by Gasteiger charge is -2.15. The van der Waals surface area contributed by atoms with Gasteiger partial charge in [0, 0.05) is 17.8 Å². The maximum Gasteiger partial charge on any atom is 0.342 e. The number of hydrogen-bond acceptors (Lipinski definition) is 5. The minimum Gasteiger partial charge on any atom is -0.507 e. The van der Waals surface area contributed by atoms with Crippen LogP contribution >= 0.6 is 0 Å². The van der Waals surface area contributed by atoms with Gasteiger partial charge in [0.15, 0.2) is 5.88 Å². The molecule has 0 atom stereocenters. The highest BCUT2D eigenvalue weighted by atomic mass is 16.5. The number of phenolic OH excluding ortho intramolecular Hbond substituents is 1. The van der Waals surface area contributed by atoms with E-state index in [9.17, 15) is 9.90 Å². The number of aromatic nitrogens is 1. The zero-order valence-corrected chi connectivity index (χ0v) is 16.3. The summed E-state index contributed by atoms with van der Waals surface area (Å²) >= 11 is 0. The molecule has 0 unspecified atom stereocenters. The van der Waals surface area contributed by atoms with Crippen LogP contribution < -0.4 is 9.47 Å². The van der Waals surface area contributed by atoms with E-state index in [1.807, 2.05) is 26.0 Å². The second kappa shape index (κ2) is 8.98. The molecule has 0 spiro atoms. The van der Waals surface area contributed by atoms with E-state index in [0.29, 0.717) is 29.2 Å². The first-order valence-electron chi connectivity index (χ1n) is 8.46. The number of rotatable bonds is 7. The molecule has 0 aliphatic carbocycles. The SMILES string of the molecule is COC(=O)c1c(/C=C/c2c[nH]c(OC)c2)cc(OC)c(CC=C(C)C)c1O. The molecule has 1 aromatic heterocycles. The third kappa shape index (κ3) is 4.73. The molecule has 6 heteroatoms. The topological polar surface area (TPSA) is 80.8 Å². The molecule has 0 fully saturated rings. The van der Waals surface area contributed by atoms with Gasteiger partial charge in [0.2, 0.25) is 0 Å². The Morgan fingerprint density at radius 3 is 2.44 bits per heavy atom. The van der Waals surface area contributed by atoms with Gasteiger partial charge < -0.3 is 24.3 Å². The number of H-pyrrole nitrogens is 1. The van der Waals surface area contributed by atoms with Crippen molar-refractivity contribution in [2.45, 2.75) is 20.3 Å². The number of ether oxygens (including phenoxy) is 3. The molecule has 0 amide bonds. The molecule has 2 rings (SSSR count). The van der Waals surface area contributed by atoms with Gasteiger partial charge in [-0.15, -0.1) is 0 Å². The number of nitrogens with one attached hydrogen (secondary N) is 1. The van der Waals surface area contributed by atoms with E-state index in [-0.39, 0.29) is 11.3 Å². The second-order valence-corrected chi connectivity index (χ2v) is 6.18. The first-order valence-corrected chi connectivity index (χ1v) is 8.46. The summed E-state index contributed by atoms with van der Waals surface area (Å²) in [6.45, 7) is 3.93. The van der Waals surface area contributed by atoms with E-state index >= 15 is 0 Å². The first-order chi connectivity index (χ1) is 12.9. The second-order valence-electron chi connectivity index (χ2n) is 6.18. The number of carbonyl (C=O) groups excluding carboxylic acids is 1. The van der Waals surface area contributed by atoms with Crippen LogP contribution in [0, 0.1) is 0 Å². The van der Waals surface area contributed by atoms with Crippen molar-refractivity contribution in [2.75, 3.05) is 21.3 Å². The van der Waals surface area contributed by atoms with Gasteiger partial charge in [0.25, 0.3) is 0 Å². The summed E-state index contributed by atoms with van der Waals surface area (Å²) in [6, 6.07) is 3.54. The molecule has 27 heavy (non-hydrogen) atoms. The van der Waals surface area contributed by atoms with Crippen molar-refractivity contribution < 1.29 is 24.1 Å². The molecular weight excluding hydrogens is 346 g/mol. The maximum atomic E-state index is 12.3. The smallest absolute Gasteiger partial charge is 0.342 e. The maximum absolute atomic E-state index is 12.3. The summed E-state index contributed by atoms with van der Waals surface area (Å²) in [4.78, 5) is 15.3. The summed E-state index contributed by atoms with van der Waals surface area (Å²) in [5, 5.41) is 10.8. The fourth-order valence-electron chi connectivity index (χ4n) is 2.63. The molecule has 144 valence electrons. The zero-order chi connectivity index (χ0) is 20.0. The number of benzene rings is 1. The van der Waals surface area contributed by atoms with Gasteiger partial charge in [-0.1, -0.05) is 23.8 Å². The van der Waals surface area contributed by atoms with Gasteiger partial charge in [0.05, 0.1) is 21.3 Å². The van der Waals surface area contributed by atoms with Gasteiger partial charge in [-0.25, -0.2) is 4.79 Å². The van der Waals surface area contributed by atoms with Crippen molar-refractivity contribution >= 4 is 18.1 Å². The van der Waals surface area contributed by atoms with Crippen LogP contribution in [0.25, 0.3) is 12.2 Å². The highest BCUT2D eigenvalue weighted by molar-refractivity contribution is 5.98. The van der Waals surface area contributed by atoms with E-state index in [4.69, 9.17) is 14.2 Å². The van der Waals surface area contributed by atoms with E-state index in [0.717, 1.165) is 11.1 Å². The van der Waals surface area contributed by atoms with Crippen LogP contribution in [0.3, 0.4) is 0 Å². The van der Waals surface area contributed by atoms with Crippen LogP contribution in [0.2, 0.25) is 0 Å². The van der Waals surface area contributed by atoms with Crippen molar-refractivity contribution in [3.05, 3.63) is 52.2 Å². The summed E-state index contributed by atoms with van der Waals surface area (Å²) in [7, 11) is 4.39. The molecule has 1 aromatic carbocycles. The predicted molar refractivity (Wildman–Crippen MR) is 105 cm³/mol. The normalized spacial score (nSPS) is 10.7. The number of esters is 1. The summed E-state index contributed by atoms with van der Waals surface area (Å²) in [5.74, 6) is 0.384. The lowest BCUT2D eigenvalue weighted by molar-refractivity contribution is 0.0597. The Hall–Kier alpha value is -3.15. The van der Waals surface area contributed by atoms with Gasteiger partial charge in [-0.3, -0.25) is 0 Å². The Bertz CT molecular complexity index is 873. The lowest BCUT2D eigenvalue weighted by Crippen LogP contribution is -2.07. The molecule has 0 bridgehead atoms. The number of carbonyl (C=O) groups is 1. The minimum atomic E-state index is -0.611. The molecule has 0 aliphatic rings. The van der Waals surface area contributed by atoms with Crippen molar-refractivity contribution in [3.8, 4) is 17.4 Å². The lowest BCUT2D eigenvalue weighted by atomic mass is 9.97. The molecule has 2 N–H and O–H groups in total. The molecule has 1 heterocycles. The van der Waals surface area contributed by atoms with Crippen molar-refractivity contribution in [2.24, 2.45) is 0 Å². The van der Waals surface area contributed by atoms with Gasteiger partial charge in [0.1, 0.15) is 17.1 Å². The number of allylic oxidation sites excluding steroid dienone is 2. The molecule has 0 saturated heterocycles. The first kappa shape index (κ1) is 20.2. The van der Waals surface area contributed by atoms with E-state index < -0.39 is 5.97 Å². The van der Waals surface area contributed by atoms with Crippen LogP contribution in [0.5, 0.6) is 17.4 Å². The molecular formula is C21H25NO5. The number of phenols is 1. The Morgan fingerprint density at radius 1 is 1.15 bits per heavy atom. The zero-order valence-electron chi connectivity index (χ0n) is 16.3. The highest BCUT2D eigenvalue weighted by Gasteiger charge is 2.22. The third-order valence-electron chi connectivity index (χ3n) is 4.07. The molecule has 0 saturated carbocycles. The van der Waals surface area contributed by atoms with Crippen LogP contribution in [0.15, 0.2) is 30.0 Å². The van der Waals surface area contributed by atoms with E-state index in [1.54, 1.807) is 31.5 Å². The Morgan fingerprint density at radius 2 is 1.89 bits per heavy atom. The average molecular weight is 371 g/mol. The fraction of sp³-hybridized carbons (Fsp3) is 0.286. The van der Waals surface area contributed by atoms with E-state index in [2.05, 4.69) is 4.98 Å². The number of aromatic amines is 1.